The third-order valence-corrected chi connectivity index (χ3v) is 4.04. The Bertz CT molecular complexity index is 1040. The molecular formula is C22H16F2N2O2. The highest BCUT2D eigenvalue weighted by Crippen LogP contribution is 2.29. The monoisotopic (exact) mass is 378 g/mol. The van der Waals surface area contributed by atoms with Crippen molar-refractivity contribution in [2.45, 2.75) is 6.61 Å². The predicted molar refractivity (Wildman–Crippen MR) is 101 cm³/mol. The molecule has 0 saturated heterocycles. The standard InChI is InChI=1S/C22H16F2N2O2/c23-18-7-4-8-19(24)22(18)28-17-11-9-15(10-12-17)20-13-25-21(26-20)14-27-16-5-2-1-3-6-16/h1-13H,14H2,(H,25,26). The van der Waals surface area contributed by atoms with Crippen LogP contribution < -0.4 is 9.47 Å². The molecule has 0 unspecified atom stereocenters. The molecular weight excluding hydrogens is 362 g/mol. The summed E-state index contributed by atoms with van der Waals surface area (Å²) in [5.74, 6) is -0.139. The summed E-state index contributed by atoms with van der Waals surface area (Å²) in [6, 6.07) is 19.9. The first-order valence-corrected chi connectivity index (χ1v) is 8.63. The van der Waals surface area contributed by atoms with Crippen LogP contribution in [0, 0.1) is 11.6 Å². The van der Waals surface area contributed by atoms with Gasteiger partial charge in [-0.15, -0.1) is 0 Å². The molecule has 3 aromatic carbocycles. The van der Waals surface area contributed by atoms with Crippen LogP contribution in [0.2, 0.25) is 0 Å². The zero-order chi connectivity index (χ0) is 19.3. The third kappa shape index (κ3) is 4.01. The maximum atomic E-state index is 13.7. The van der Waals surface area contributed by atoms with Gasteiger partial charge in [0.25, 0.3) is 0 Å². The first-order chi connectivity index (χ1) is 13.7. The highest BCUT2D eigenvalue weighted by Gasteiger charge is 2.11. The van der Waals surface area contributed by atoms with Crippen molar-refractivity contribution in [3.05, 3.63) is 96.5 Å². The third-order valence-electron chi connectivity index (χ3n) is 4.04. The number of aromatic nitrogens is 2. The number of benzene rings is 3. The summed E-state index contributed by atoms with van der Waals surface area (Å²) in [4.78, 5) is 7.57. The Labute approximate surface area is 160 Å². The van der Waals surface area contributed by atoms with Crippen molar-refractivity contribution in [1.29, 1.82) is 0 Å². The summed E-state index contributed by atoms with van der Waals surface area (Å²) in [6.45, 7) is 0.317. The number of aromatic amines is 1. The lowest BCUT2D eigenvalue weighted by atomic mass is 10.1. The Hall–Kier alpha value is -3.67. The SMILES string of the molecule is Fc1cccc(F)c1Oc1ccc(-c2c[nH]c(COc3ccccc3)n2)cc1. The molecule has 28 heavy (non-hydrogen) atoms. The zero-order valence-corrected chi connectivity index (χ0v) is 14.7. The lowest BCUT2D eigenvalue weighted by molar-refractivity contribution is 0.297. The van der Waals surface area contributed by atoms with Crippen LogP contribution >= 0.6 is 0 Å². The van der Waals surface area contributed by atoms with E-state index in [1.165, 1.54) is 6.07 Å². The molecule has 4 aromatic rings. The summed E-state index contributed by atoms with van der Waals surface area (Å²) < 4.78 is 38.4. The number of para-hydroxylation sites is 2. The van der Waals surface area contributed by atoms with E-state index >= 15 is 0 Å². The smallest absolute Gasteiger partial charge is 0.198 e. The molecule has 0 bridgehead atoms. The van der Waals surface area contributed by atoms with Crippen molar-refractivity contribution in [1.82, 2.24) is 9.97 Å². The first kappa shape index (κ1) is 17.7. The number of H-pyrrole nitrogens is 1. The quantitative estimate of drug-likeness (QED) is 0.466. The van der Waals surface area contributed by atoms with Crippen LogP contribution in [0.3, 0.4) is 0 Å². The molecule has 6 heteroatoms. The van der Waals surface area contributed by atoms with Crippen molar-refractivity contribution in [3.8, 4) is 28.5 Å². The fourth-order valence-electron chi connectivity index (χ4n) is 2.64. The number of imidazole rings is 1. The number of nitrogens with one attached hydrogen (secondary N) is 1. The number of halogens is 2. The van der Waals surface area contributed by atoms with Gasteiger partial charge in [-0.2, -0.15) is 0 Å². The van der Waals surface area contributed by atoms with Gasteiger partial charge in [-0.05, 0) is 48.5 Å². The van der Waals surface area contributed by atoms with Gasteiger partial charge in [-0.1, -0.05) is 24.3 Å². The van der Waals surface area contributed by atoms with Crippen LogP contribution in [0.1, 0.15) is 5.82 Å². The number of hydrogen-bond donors (Lipinski definition) is 1. The average Bonchev–Trinajstić information content (AvgIpc) is 3.20. The fourth-order valence-corrected chi connectivity index (χ4v) is 2.64. The highest BCUT2D eigenvalue weighted by molar-refractivity contribution is 5.59. The van der Waals surface area contributed by atoms with E-state index in [-0.39, 0.29) is 0 Å². The van der Waals surface area contributed by atoms with E-state index in [0.717, 1.165) is 29.1 Å². The van der Waals surface area contributed by atoms with E-state index in [1.54, 1.807) is 30.5 Å². The number of hydrogen-bond acceptors (Lipinski definition) is 3. The van der Waals surface area contributed by atoms with Gasteiger partial charge in [-0.3, -0.25) is 0 Å². The minimum Gasteiger partial charge on any atom is -0.486 e. The van der Waals surface area contributed by atoms with E-state index in [9.17, 15) is 8.78 Å². The molecule has 1 aromatic heterocycles. The van der Waals surface area contributed by atoms with Crippen LogP contribution in [0.15, 0.2) is 79.0 Å². The van der Waals surface area contributed by atoms with Gasteiger partial charge in [0.15, 0.2) is 17.4 Å². The average molecular weight is 378 g/mol. The second kappa shape index (κ2) is 7.92. The molecule has 0 fully saturated rings. The zero-order valence-electron chi connectivity index (χ0n) is 14.7. The van der Waals surface area contributed by atoms with Crippen molar-refractivity contribution in [2.75, 3.05) is 0 Å². The molecule has 0 saturated carbocycles. The Balaban J connectivity index is 1.43. The van der Waals surface area contributed by atoms with Crippen molar-refractivity contribution < 1.29 is 18.3 Å². The molecule has 0 spiro atoms. The van der Waals surface area contributed by atoms with E-state index < -0.39 is 17.4 Å². The lowest BCUT2D eigenvalue weighted by Gasteiger charge is -2.08. The Kier molecular flexibility index (Phi) is 5.01. The summed E-state index contributed by atoms with van der Waals surface area (Å²) in [6.07, 6.45) is 1.77. The summed E-state index contributed by atoms with van der Waals surface area (Å²) in [7, 11) is 0. The van der Waals surface area contributed by atoms with Crippen molar-refractivity contribution in [2.24, 2.45) is 0 Å². The first-order valence-electron chi connectivity index (χ1n) is 8.63. The molecule has 0 radical (unpaired) electrons. The van der Waals surface area contributed by atoms with Crippen molar-refractivity contribution >= 4 is 0 Å². The second-order valence-corrected chi connectivity index (χ2v) is 6.01. The molecule has 0 aliphatic rings. The van der Waals surface area contributed by atoms with E-state index in [0.29, 0.717) is 18.2 Å². The topological polar surface area (TPSA) is 47.1 Å². The highest BCUT2D eigenvalue weighted by atomic mass is 19.1. The molecule has 4 nitrogen and oxygen atoms in total. The Morgan fingerprint density at radius 2 is 1.50 bits per heavy atom. The lowest BCUT2D eigenvalue weighted by Crippen LogP contribution is -1.97. The van der Waals surface area contributed by atoms with E-state index in [4.69, 9.17) is 9.47 Å². The van der Waals surface area contributed by atoms with Crippen LogP contribution in [0.25, 0.3) is 11.3 Å². The van der Waals surface area contributed by atoms with Gasteiger partial charge in [-0.25, -0.2) is 13.8 Å². The van der Waals surface area contributed by atoms with Gasteiger partial charge in [0.05, 0.1) is 5.69 Å². The normalized spacial score (nSPS) is 10.6. The molecule has 140 valence electrons. The van der Waals surface area contributed by atoms with Gasteiger partial charge in [0.1, 0.15) is 23.9 Å². The Morgan fingerprint density at radius 3 is 2.21 bits per heavy atom. The summed E-state index contributed by atoms with van der Waals surface area (Å²) >= 11 is 0. The van der Waals surface area contributed by atoms with Gasteiger partial charge in [0.2, 0.25) is 0 Å². The summed E-state index contributed by atoms with van der Waals surface area (Å²) in [5.41, 5.74) is 1.57. The van der Waals surface area contributed by atoms with Crippen LogP contribution in [0.4, 0.5) is 8.78 Å². The Morgan fingerprint density at radius 1 is 0.786 bits per heavy atom. The van der Waals surface area contributed by atoms with Crippen molar-refractivity contribution in [3.63, 3.8) is 0 Å². The van der Waals surface area contributed by atoms with Gasteiger partial charge < -0.3 is 14.5 Å². The number of rotatable bonds is 6. The molecule has 0 atom stereocenters. The number of ether oxygens (including phenoxy) is 2. The number of nitrogens with zero attached hydrogens (tertiary/aromatic N) is 1. The molecule has 0 amide bonds. The predicted octanol–water partition coefficient (Wildman–Crippen LogP) is 5.73. The van der Waals surface area contributed by atoms with Gasteiger partial charge in [0, 0.05) is 11.8 Å². The molecule has 4 rings (SSSR count). The molecule has 0 aliphatic heterocycles. The molecule has 1 N–H and O–H groups in total. The second-order valence-electron chi connectivity index (χ2n) is 6.01. The largest absolute Gasteiger partial charge is 0.486 e. The minimum absolute atomic E-state index is 0.317. The van der Waals surface area contributed by atoms with E-state index in [2.05, 4.69) is 9.97 Å². The van der Waals surface area contributed by atoms with Crippen LogP contribution in [-0.2, 0) is 6.61 Å². The summed E-state index contributed by atoms with van der Waals surface area (Å²) in [5, 5.41) is 0. The minimum atomic E-state index is -0.751. The maximum absolute atomic E-state index is 13.7. The molecule has 1 heterocycles. The fraction of sp³-hybridized carbons (Fsp3) is 0.0455. The van der Waals surface area contributed by atoms with Gasteiger partial charge >= 0.3 is 0 Å². The maximum Gasteiger partial charge on any atom is 0.198 e. The van der Waals surface area contributed by atoms with Crippen LogP contribution in [-0.4, -0.2) is 9.97 Å². The van der Waals surface area contributed by atoms with E-state index in [1.807, 2.05) is 30.3 Å². The molecule has 0 aliphatic carbocycles. The van der Waals surface area contributed by atoms with Crippen LogP contribution in [0.5, 0.6) is 17.2 Å².